The highest BCUT2D eigenvalue weighted by Crippen LogP contribution is 2.26. The number of hydrogen-bond acceptors (Lipinski definition) is 3. The first-order valence-electron chi connectivity index (χ1n) is 5.18. The highest BCUT2D eigenvalue weighted by molar-refractivity contribution is 4.76. The minimum atomic E-state index is 0.206. The molecule has 2 N–H and O–H groups in total. The number of piperidine rings is 1. The summed E-state index contributed by atoms with van der Waals surface area (Å²) in [6.45, 7) is 2.70. The van der Waals surface area contributed by atoms with E-state index in [4.69, 9.17) is 10.2 Å². The molecular weight excluding hydrogens is 166 g/mol. The van der Waals surface area contributed by atoms with E-state index >= 15 is 0 Å². The molecule has 1 unspecified atom stereocenters. The van der Waals surface area contributed by atoms with Gasteiger partial charge in [-0.05, 0) is 51.2 Å². The van der Waals surface area contributed by atoms with Crippen molar-refractivity contribution in [3.05, 3.63) is 0 Å². The molecule has 0 spiro atoms. The Morgan fingerprint density at radius 1 is 1.31 bits per heavy atom. The summed E-state index contributed by atoms with van der Waals surface area (Å²) in [5, 5.41) is 18.0. The van der Waals surface area contributed by atoms with Gasteiger partial charge in [-0.3, -0.25) is 0 Å². The Morgan fingerprint density at radius 3 is 2.38 bits per heavy atom. The predicted octanol–water partition coefficient (Wildman–Crippen LogP) is 0.319. The lowest BCUT2D eigenvalue weighted by atomic mass is 9.83. The van der Waals surface area contributed by atoms with E-state index in [1.54, 1.807) is 0 Å². The maximum atomic E-state index is 9.15. The summed E-state index contributed by atoms with van der Waals surface area (Å²) >= 11 is 0. The molecule has 0 aromatic heterocycles. The van der Waals surface area contributed by atoms with Crippen LogP contribution in [0.25, 0.3) is 0 Å². The molecule has 13 heavy (non-hydrogen) atoms. The number of rotatable bonds is 4. The lowest BCUT2D eigenvalue weighted by Gasteiger charge is -2.33. The zero-order chi connectivity index (χ0) is 9.68. The first-order valence-corrected chi connectivity index (χ1v) is 5.18. The van der Waals surface area contributed by atoms with Gasteiger partial charge in [-0.25, -0.2) is 0 Å². The van der Waals surface area contributed by atoms with Gasteiger partial charge < -0.3 is 15.1 Å². The summed E-state index contributed by atoms with van der Waals surface area (Å²) in [6, 6.07) is 0. The molecule has 1 aliphatic heterocycles. The van der Waals surface area contributed by atoms with Crippen LogP contribution in [0.2, 0.25) is 0 Å². The lowest BCUT2D eigenvalue weighted by molar-refractivity contribution is 0.0973. The van der Waals surface area contributed by atoms with Gasteiger partial charge in [0.25, 0.3) is 0 Å². The molecular formula is C10H21NO2. The Balaban J connectivity index is 2.32. The third-order valence-electron chi connectivity index (χ3n) is 3.16. The number of aliphatic hydroxyl groups is 2. The van der Waals surface area contributed by atoms with Crippen LogP contribution in [0.5, 0.6) is 0 Å². The summed E-state index contributed by atoms with van der Waals surface area (Å²) in [5.74, 6) is 0.937. The summed E-state index contributed by atoms with van der Waals surface area (Å²) in [4.78, 5) is 2.32. The molecule has 0 aromatic rings. The molecule has 1 saturated heterocycles. The summed E-state index contributed by atoms with van der Waals surface area (Å²) < 4.78 is 0. The third-order valence-corrected chi connectivity index (χ3v) is 3.16. The highest BCUT2D eigenvalue weighted by atomic mass is 16.3. The average Bonchev–Trinajstić information content (AvgIpc) is 2.16. The second-order valence-electron chi connectivity index (χ2n) is 4.10. The fourth-order valence-corrected chi connectivity index (χ4v) is 2.14. The summed E-state index contributed by atoms with van der Waals surface area (Å²) in [5.41, 5.74) is 0. The van der Waals surface area contributed by atoms with Gasteiger partial charge in [0.1, 0.15) is 0 Å². The zero-order valence-electron chi connectivity index (χ0n) is 8.45. The standard InChI is InChI=1S/C10H21NO2/c1-11-5-2-9(3-6-11)10(8-13)4-7-12/h9-10,12-13H,2-8H2,1H3. The molecule has 1 atom stereocenters. The molecule has 0 aromatic carbocycles. The van der Waals surface area contributed by atoms with E-state index in [1.165, 1.54) is 12.8 Å². The van der Waals surface area contributed by atoms with Crippen LogP contribution in [0.3, 0.4) is 0 Å². The van der Waals surface area contributed by atoms with Gasteiger partial charge in [-0.2, -0.15) is 0 Å². The van der Waals surface area contributed by atoms with Crippen LogP contribution < -0.4 is 0 Å². The maximum Gasteiger partial charge on any atom is 0.0462 e. The van der Waals surface area contributed by atoms with Crippen LogP contribution in [0.15, 0.2) is 0 Å². The molecule has 0 amide bonds. The number of likely N-dealkylation sites (tertiary alicyclic amines) is 1. The van der Waals surface area contributed by atoms with Gasteiger partial charge in [0.05, 0.1) is 0 Å². The molecule has 0 saturated carbocycles. The van der Waals surface area contributed by atoms with Crippen LogP contribution in [0.4, 0.5) is 0 Å². The van der Waals surface area contributed by atoms with Crippen molar-refractivity contribution in [1.82, 2.24) is 4.90 Å². The van der Waals surface area contributed by atoms with Crippen molar-refractivity contribution in [1.29, 1.82) is 0 Å². The van der Waals surface area contributed by atoms with Gasteiger partial charge in [-0.15, -0.1) is 0 Å². The monoisotopic (exact) mass is 187 g/mol. The summed E-state index contributed by atoms with van der Waals surface area (Å²) in [6.07, 6.45) is 3.09. The first-order chi connectivity index (χ1) is 6.27. The fourth-order valence-electron chi connectivity index (χ4n) is 2.14. The van der Waals surface area contributed by atoms with Crippen LogP contribution in [-0.4, -0.2) is 48.5 Å². The third kappa shape index (κ3) is 3.25. The predicted molar refractivity (Wildman–Crippen MR) is 52.5 cm³/mol. The Kier molecular flexibility index (Phi) is 4.70. The van der Waals surface area contributed by atoms with E-state index in [2.05, 4.69) is 11.9 Å². The second-order valence-corrected chi connectivity index (χ2v) is 4.10. The second kappa shape index (κ2) is 5.58. The normalized spacial score (nSPS) is 23.3. The van der Waals surface area contributed by atoms with E-state index in [0.29, 0.717) is 11.8 Å². The van der Waals surface area contributed by atoms with Crippen LogP contribution in [0.1, 0.15) is 19.3 Å². The van der Waals surface area contributed by atoms with E-state index in [0.717, 1.165) is 19.5 Å². The quantitative estimate of drug-likeness (QED) is 0.666. The van der Waals surface area contributed by atoms with Gasteiger partial charge in [-0.1, -0.05) is 0 Å². The number of aliphatic hydroxyl groups excluding tert-OH is 2. The maximum absolute atomic E-state index is 9.15. The molecule has 0 radical (unpaired) electrons. The van der Waals surface area contributed by atoms with Gasteiger partial charge >= 0.3 is 0 Å². The molecule has 3 nitrogen and oxygen atoms in total. The first kappa shape index (κ1) is 11.0. The van der Waals surface area contributed by atoms with E-state index in [1.807, 2.05) is 0 Å². The van der Waals surface area contributed by atoms with Crippen molar-refractivity contribution in [3.8, 4) is 0 Å². The highest BCUT2D eigenvalue weighted by Gasteiger charge is 2.24. The summed E-state index contributed by atoms with van der Waals surface area (Å²) in [7, 11) is 2.14. The van der Waals surface area contributed by atoms with Crippen molar-refractivity contribution >= 4 is 0 Å². The average molecular weight is 187 g/mol. The lowest BCUT2D eigenvalue weighted by Crippen LogP contribution is -2.34. The molecule has 1 fully saturated rings. The van der Waals surface area contributed by atoms with Crippen molar-refractivity contribution in [2.75, 3.05) is 33.4 Å². The zero-order valence-corrected chi connectivity index (χ0v) is 8.45. The Morgan fingerprint density at radius 2 is 1.92 bits per heavy atom. The Labute approximate surface area is 80.4 Å². The molecule has 1 heterocycles. The largest absolute Gasteiger partial charge is 0.396 e. The smallest absolute Gasteiger partial charge is 0.0462 e. The van der Waals surface area contributed by atoms with E-state index < -0.39 is 0 Å². The Hall–Kier alpha value is -0.120. The van der Waals surface area contributed by atoms with Gasteiger partial charge in [0.15, 0.2) is 0 Å². The van der Waals surface area contributed by atoms with Gasteiger partial charge in [0.2, 0.25) is 0 Å². The number of nitrogens with zero attached hydrogens (tertiary/aromatic N) is 1. The minimum Gasteiger partial charge on any atom is -0.396 e. The van der Waals surface area contributed by atoms with Crippen molar-refractivity contribution in [2.45, 2.75) is 19.3 Å². The fraction of sp³-hybridized carbons (Fsp3) is 1.00. The van der Waals surface area contributed by atoms with Crippen molar-refractivity contribution < 1.29 is 10.2 Å². The van der Waals surface area contributed by atoms with Crippen molar-refractivity contribution in [3.63, 3.8) is 0 Å². The van der Waals surface area contributed by atoms with Crippen LogP contribution in [0, 0.1) is 11.8 Å². The van der Waals surface area contributed by atoms with Crippen molar-refractivity contribution in [2.24, 2.45) is 11.8 Å². The van der Waals surface area contributed by atoms with Crippen LogP contribution in [-0.2, 0) is 0 Å². The minimum absolute atomic E-state index is 0.206. The van der Waals surface area contributed by atoms with Gasteiger partial charge in [0, 0.05) is 13.2 Å². The SMILES string of the molecule is CN1CCC(C(CO)CCO)CC1. The topological polar surface area (TPSA) is 43.7 Å². The number of hydrogen-bond donors (Lipinski definition) is 2. The molecule has 0 aliphatic carbocycles. The van der Waals surface area contributed by atoms with E-state index in [9.17, 15) is 0 Å². The molecule has 3 heteroatoms. The van der Waals surface area contributed by atoms with Crippen LogP contribution >= 0.6 is 0 Å². The molecule has 1 rings (SSSR count). The van der Waals surface area contributed by atoms with E-state index in [-0.39, 0.29) is 13.2 Å². The molecule has 1 aliphatic rings. The Bertz CT molecular complexity index is 133. The molecule has 0 bridgehead atoms. The molecule has 78 valence electrons.